The van der Waals surface area contributed by atoms with Crippen LogP contribution in [0.5, 0.6) is 0 Å². The molecular weight excluding hydrogens is 364 g/mol. The van der Waals surface area contributed by atoms with Gasteiger partial charge in [-0.25, -0.2) is 9.59 Å². The van der Waals surface area contributed by atoms with Gasteiger partial charge in [-0.3, -0.25) is 4.84 Å². The SMILES string of the molecule is CCCCCCCCOC(=O)OC(=NOC(=O)O)C(CC=N)c1ccccc1. The van der Waals surface area contributed by atoms with Gasteiger partial charge in [0.2, 0.25) is 5.90 Å². The molecule has 0 heterocycles. The Bertz CT molecular complexity index is 633. The number of carbonyl (C=O) groups excluding carboxylic acids is 1. The number of hydrogen-bond acceptors (Lipinski definition) is 7. The summed E-state index contributed by atoms with van der Waals surface area (Å²) >= 11 is 0. The van der Waals surface area contributed by atoms with E-state index < -0.39 is 18.2 Å². The zero-order valence-electron chi connectivity index (χ0n) is 16.1. The molecule has 0 aliphatic heterocycles. The Morgan fingerprint density at radius 2 is 1.82 bits per heavy atom. The maximum atomic E-state index is 12.0. The average Bonchev–Trinajstić information content (AvgIpc) is 2.69. The molecule has 1 aromatic carbocycles. The van der Waals surface area contributed by atoms with Crippen LogP contribution in [-0.4, -0.2) is 36.1 Å². The summed E-state index contributed by atoms with van der Waals surface area (Å²) in [5, 5.41) is 19.5. The highest BCUT2D eigenvalue weighted by Crippen LogP contribution is 2.22. The summed E-state index contributed by atoms with van der Waals surface area (Å²) in [5.41, 5.74) is 0.697. The Morgan fingerprint density at radius 3 is 2.46 bits per heavy atom. The van der Waals surface area contributed by atoms with E-state index in [4.69, 9.17) is 20.0 Å². The van der Waals surface area contributed by atoms with Crippen LogP contribution < -0.4 is 0 Å². The van der Waals surface area contributed by atoms with Gasteiger partial charge in [0.25, 0.3) is 0 Å². The van der Waals surface area contributed by atoms with Crippen molar-refractivity contribution in [3.8, 4) is 0 Å². The minimum atomic E-state index is -1.64. The van der Waals surface area contributed by atoms with Crippen molar-refractivity contribution in [2.75, 3.05) is 6.61 Å². The number of carbonyl (C=O) groups is 2. The molecule has 8 nitrogen and oxygen atoms in total. The number of benzene rings is 1. The highest BCUT2D eigenvalue weighted by molar-refractivity contribution is 5.92. The minimum Gasteiger partial charge on any atom is -0.448 e. The second kappa shape index (κ2) is 14.2. The molecule has 2 N–H and O–H groups in total. The zero-order valence-corrected chi connectivity index (χ0v) is 16.1. The molecule has 1 rings (SSSR count). The van der Waals surface area contributed by atoms with E-state index in [1.807, 2.05) is 6.07 Å². The van der Waals surface area contributed by atoms with Gasteiger partial charge in [-0.2, -0.15) is 0 Å². The third kappa shape index (κ3) is 9.70. The molecule has 0 fully saturated rings. The monoisotopic (exact) mass is 392 g/mol. The van der Waals surface area contributed by atoms with Crippen LogP contribution in [0.2, 0.25) is 0 Å². The number of carboxylic acid groups (broad SMARTS) is 1. The van der Waals surface area contributed by atoms with E-state index in [1.165, 1.54) is 12.8 Å². The predicted octanol–water partition coefficient (Wildman–Crippen LogP) is 5.33. The molecule has 8 heteroatoms. The largest absolute Gasteiger partial charge is 0.532 e. The van der Waals surface area contributed by atoms with Crippen molar-refractivity contribution < 1.29 is 29.0 Å². The van der Waals surface area contributed by atoms with Gasteiger partial charge >= 0.3 is 12.3 Å². The molecule has 28 heavy (non-hydrogen) atoms. The Hall–Kier alpha value is -2.90. The Morgan fingerprint density at radius 1 is 1.14 bits per heavy atom. The van der Waals surface area contributed by atoms with Crippen LogP contribution in [0.25, 0.3) is 0 Å². The highest BCUT2D eigenvalue weighted by Gasteiger charge is 2.24. The molecule has 0 saturated carbocycles. The van der Waals surface area contributed by atoms with Crippen molar-refractivity contribution in [1.29, 1.82) is 5.41 Å². The van der Waals surface area contributed by atoms with Crippen LogP contribution in [-0.2, 0) is 14.3 Å². The highest BCUT2D eigenvalue weighted by atomic mass is 16.8. The second-order valence-electron chi connectivity index (χ2n) is 6.16. The summed E-state index contributed by atoms with van der Waals surface area (Å²) in [6, 6.07) is 8.88. The normalized spacial score (nSPS) is 12.1. The predicted molar refractivity (Wildman–Crippen MR) is 105 cm³/mol. The van der Waals surface area contributed by atoms with Gasteiger partial charge in [0, 0.05) is 0 Å². The molecule has 1 atom stereocenters. The zero-order chi connectivity index (χ0) is 20.6. The number of nitrogens with one attached hydrogen (secondary N) is 1. The van der Waals surface area contributed by atoms with Gasteiger partial charge in [0.05, 0.1) is 12.5 Å². The summed E-state index contributed by atoms with van der Waals surface area (Å²) < 4.78 is 10.2. The van der Waals surface area contributed by atoms with Crippen LogP contribution in [0.3, 0.4) is 0 Å². The summed E-state index contributed by atoms with van der Waals surface area (Å²) in [6.45, 7) is 2.35. The summed E-state index contributed by atoms with van der Waals surface area (Å²) in [5.74, 6) is -0.926. The second-order valence-corrected chi connectivity index (χ2v) is 6.16. The number of rotatable bonds is 12. The molecule has 154 valence electrons. The lowest BCUT2D eigenvalue weighted by molar-refractivity contribution is 0.0774. The van der Waals surface area contributed by atoms with E-state index in [-0.39, 0.29) is 18.9 Å². The van der Waals surface area contributed by atoms with Gasteiger partial charge in [-0.15, -0.1) is 0 Å². The fourth-order valence-electron chi connectivity index (χ4n) is 2.57. The smallest absolute Gasteiger partial charge is 0.448 e. The maximum Gasteiger partial charge on any atom is 0.532 e. The van der Waals surface area contributed by atoms with E-state index >= 15 is 0 Å². The van der Waals surface area contributed by atoms with Crippen molar-refractivity contribution in [2.24, 2.45) is 5.16 Å². The van der Waals surface area contributed by atoms with Crippen molar-refractivity contribution in [3.05, 3.63) is 35.9 Å². The first-order valence-corrected chi connectivity index (χ1v) is 9.44. The number of unbranched alkanes of at least 4 members (excludes halogenated alkanes) is 5. The first kappa shape index (κ1) is 23.1. The number of hydrogen-bond donors (Lipinski definition) is 2. The average molecular weight is 392 g/mol. The molecule has 0 aliphatic rings. The molecule has 0 amide bonds. The number of oxime groups is 1. The van der Waals surface area contributed by atoms with E-state index in [1.54, 1.807) is 24.3 Å². The quantitative estimate of drug-likeness (QED) is 0.124. The summed E-state index contributed by atoms with van der Waals surface area (Å²) in [7, 11) is 0. The van der Waals surface area contributed by atoms with Gasteiger partial charge in [-0.05, 0) is 29.8 Å². The third-order valence-corrected chi connectivity index (χ3v) is 3.97. The molecule has 1 aromatic rings. The first-order valence-electron chi connectivity index (χ1n) is 9.44. The molecule has 0 radical (unpaired) electrons. The maximum absolute atomic E-state index is 12.0. The molecule has 0 bridgehead atoms. The fourth-order valence-corrected chi connectivity index (χ4v) is 2.57. The summed E-state index contributed by atoms with van der Waals surface area (Å²) in [4.78, 5) is 26.9. The fraction of sp³-hybridized carbons (Fsp3) is 0.500. The first-order chi connectivity index (χ1) is 13.6. The van der Waals surface area contributed by atoms with Crippen LogP contribution >= 0.6 is 0 Å². The molecule has 0 saturated heterocycles. The molecular formula is C20H28N2O6. The molecule has 0 aliphatic carbocycles. The molecule has 0 aromatic heterocycles. The van der Waals surface area contributed by atoms with Gasteiger partial charge < -0.3 is 20.0 Å². The van der Waals surface area contributed by atoms with Crippen LogP contribution in [0.15, 0.2) is 35.5 Å². The summed E-state index contributed by atoms with van der Waals surface area (Å²) in [6.07, 6.45) is 4.94. The number of ether oxygens (including phenoxy) is 2. The van der Waals surface area contributed by atoms with Gasteiger partial charge in [0.15, 0.2) is 0 Å². The lowest BCUT2D eigenvalue weighted by Gasteiger charge is -2.16. The molecule has 0 spiro atoms. The minimum absolute atomic E-state index is 0.149. The number of nitrogens with zero attached hydrogens (tertiary/aromatic N) is 1. The van der Waals surface area contributed by atoms with Crippen LogP contribution in [0.1, 0.15) is 63.4 Å². The topological polar surface area (TPSA) is 118 Å². The van der Waals surface area contributed by atoms with Crippen LogP contribution in [0.4, 0.5) is 9.59 Å². The van der Waals surface area contributed by atoms with Crippen molar-refractivity contribution in [3.63, 3.8) is 0 Å². The van der Waals surface area contributed by atoms with E-state index in [0.717, 1.165) is 31.9 Å². The lowest BCUT2D eigenvalue weighted by atomic mass is 9.96. The van der Waals surface area contributed by atoms with Crippen molar-refractivity contribution >= 4 is 24.4 Å². The van der Waals surface area contributed by atoms with Gasteiger partial charge in [-0.1, -0.05) is 69.4 Å². The van der Waals surface area contributed by atoms with Gasteiger partial charge in [0.1, 0.15) is 0 Å². The van der Waals surface area contributed by atoms with Crippen molar-refractivity contribution in [2.45, 2.75) is 57.8 Å². The van der Waals surface area contributed by atoms with E-state index in [2.05, 4.69) is 16.9 Å². The van der Waals surface area contributed by atoms with Crippen molar-refractivity contribution in [1.82, 2.24) is 0 Å². The lowest BCUT2D eigenvalue weighted by Crippen LogP contribution is -2.22. The van der Waals surface area contributed by atoms with E-state index in [0.29, 0.717) is 5.56 Å². The molecule has 1 unspecified atom stereocenters. The Labute approximate surface area is 165 Å². The standard InChI is InChI=1S/C20H28N2O6/c1-2-3-4-5-6-10-15-26-20(25)27-18(22-28-19(23)24)17(13-14-21)16-11-8-7-9-12-16/h7-9,11-12,14,17,21H,2-6,10,13,15H2,1H3,(H,23,24). The Kier molecular flexibility index (Phi) is 11.7. The van der Waals surface area contributed by atoms with E-state index in [9.17, 15) is 9.59 Å². The Balaban J connectivity index is 2.68. The third-order valence-electron chi connectivity index (χ3n) is 3.97. The van der Waals surface area contributed by atoms with Crippen LogP contribution in [0, 0.1) is 5.41 Å².